The molecule has 0 fully saturated rings. The Balaban J connectivity index is 1.96. The number of thiazole rings is 1. The van der Waals surface area contributed by atoms with Crippen LogP contribution in [0.15, 0.2) is 24.3 Å². The largest absolute Gasteiger partial charge is 0.416 e. The third-order valence-corrected chi connectivity index (χ3v) is 3.94. The number of alkyl halides is 3. The molecule has 0 saturated heterocycles. The fourth-order valence-electron chi connectivity index (χ4n) is 1.92. The van der Waals surface area contributed by atoms with Crippen molar-refractivity contribution in [2.24, 2.45) is 0 Å². The zero-order valence-corrected chi connectivity index (χ0v) is 12.0. The molecular formula is C14H15F3N2S. The summed E-state index contributed by atoms with van der Waals surface area (Å²) in [6, 6.07) is 5.38. The van der Waals surface area contributed by atoms with Crippen LogP contribution in [0.2, 0.25) is 0 Å². The van der Waals surface area contributed by atoms with Gasteiger partial charge in [0.2, 0.25) is 0 Å². The molecular weight excluding hydrogens is 285 g/mol. The van der Waals surface area contributed by atoms with Crippen LogP contribution in [0.25, 0.3) is 0 Å². The van der Waals surface area contributed by atoms with Gasteiger partial charge in [0, 0.05) is 18.0 Å². The Morgan fingerprint density at radius 1 is 1.20 bits per heavy atom. The molecule has 0 saturated carbocycles. The molecule has 0 spiro atoms. The molecule has 1 aromatic carbocycles. The number of hydrogen-bond acceptors (Lipinski definition) is 3. The monoisotopic (exact) mass is 300 g/mol. The summed E-state index contributed by atoms with van der Waals surface area (Å²) in [5.41, 5.74) is 0.990. The predicted octanol–water partition coefficient (Wildman–Crippen LogP) is 4.07. The molecule has 1 aromatic heterocycles. The highest BCUT2D eigenvalue weighted by atomic mass is 32.1. The molecule has 6 heteroatoms. The summed E-state index contributed by atoms with van der Waals surface area (Å²) in [5, 5.41) is 4.15. The van der Waals surface area contributed by atoms with E-state index in [1.165, 1.54) is 12.1 Å². The average molecular weight is 300 g/mol. The molecule has 20 heavy (non-hydrogen) atoms. The molecule has 2 rings (SSSR count). The summed E-state index contributed by atoms with van der Waals surface area (Å²) in [4.78, 5) is 5.43. The van der Waals surface area contributed by atoms with E-state index in [1.807, 2.05) is 13.8 Å². The summed E-state index contributed by atoms with van der Waals surface area (Å²) in [6.45, 7) is 4.90. The van der Waals surface area contributed by atoms with Gasteiger partial charge in [0.15, 0.2) is 0 Å². The van der Waals surface area contributed by atoms with Crippen LogP contribution in [0.3, 0.4) is 0 Å². The fourth-order valence-corrected chi connectivity index (χ4v) is 2.82. The second-order valence-corrected chi connectivity index (χ2v) is 5.83. The first kappa shape index (κ1) is 15.0. The van der Waals surface area contributed by atoms with Gasteiger partial charge in [0.1, 0.15) is 0 Å². The van der Waals surface area contributed by atoms with Gasteiger partial charge in [-0.25, -0.2) is 4.98 Å². The quantitative estimate of drug-likeness (QED) is 0.920. The van der Waals surface area contributed by atoms with E-state index in [2.05, 4.69) is 10.3 Å². The van der Waals surface area contributed by atoms with E-state index in [-0.39, 0.29) is 0 Å². The van der Waals surface area contributed by atoms with Crippen LogP contribution >= 0.6 is 11.3 Å². The summed E-state index contributed by atoms with van der Waals surface area (Å²) in [7, 11) is 0. The SMILES string of the molecule is Cc1nc(C)c(CNCc2cccc(C(F)(F)F)c2)s1. The number of aromatic nitrogens is 1. The first-order valence-electron chi connectivity index (χ1n) is 6.16. The molecule has 2 aromatic rings. The van der Waals surface area contributed by atoms with E-state index in [0.717, 1.165) is 21.6 Å². The smallest absolute Gasteiger partial charge is 0.308 e. The van der Waals surface area contributed by atoms with Crippen molar-refractivity contribution in [1.82, 2.24) is 10.3 Å². The predicted molar refractivity (Wildman–Crippen MR) is 73.6 cm³/mol. The normalized spacial score (nSPS) is 11.8. The van der Waals surface area contributed by atoms with Crippen molar-refractivity contribution in [2.45, 2.75) is 33.1 Å². The minimum Gasteiger partial charge on any atom is -0.308 e. The van der Waals surface area contributed by atoms with Gasteiger partial charge < -0.3 is 5.32 Å². The molecule has 0 atom stereocenters. The van der Waals surface area contributed by atoms with Crippen molar-refractivity contribution < 1.29 is 13.2 Å². The maximum Gasteiger partial charge on any atom is 0.416 e. The Morgan fingerprint density at radius 3 is 2.55 bits per heavy atom. The van der Waals surface area contributed by atoms with Crippen molar-refractivity contribution in [3.8, 4) is 0 Å². The van der Waals surface area contributed by atoms with Crippen LogP contribution in [-0.2, 0) is 19.3 Å². The van der Waals surface area contributed by atoms with Gasteiger partial charge in [0.25, 0.3) is 0 Å². The zero-order chi connectivity index (χ0) is 14.8. The molecule has 0 amide bonds. The van der Waals surface area contributed by atoms with Crippen LogP contribution < -0.4 is 5.32 Å². The summed E-state index contributed by atoms with van der Waals surface area (Å²) >= 11 is 1.60. The van der Waals surface area contributed by atoms with Crippen LogP contribution in [0.1, 0.15) is 26.7 Å². The van der Waals surface area contributed by atoms with Crippen LogP contribution in [0.5, 0.6) is 0 Å². The number of aryl methyl sites for hydroxylation is 2. The highest BCUT2D eigenvalue weighted by Crippen LogP contribution is 2.29. The van der Waals surface area contributed by atoms with Gasteiger partial charge in [0.05, 0.1) is 16.3 Å². The molecule has 1 heterocycles. The van der Waals surface area contributed by atoms with Gasteiger partial charge >= 0.3 is 6.18 Å². The molecule has 0 aliphatic rings. The van der Waals surface area contributed by atoms with Crippen LogP contribution in [-0.4, -0.2) is 4.98 Å². The molecule has 108 valence electrons. The minimum atomic E-state index is -4.29. The molecule has 0 bridgehead atoms. The van der Waals surface area contributed by atoms with Crippen molar-refractivity contribution in [1.29, 1.82) is 0 Å². The van der Waals surface area contributed by atoms with E-state index in [4.69, 9.17) is 0 Å². The standard InChI is InChI=1S/C14H15F3N2S/c1-9-13(20-10(2)19-9)8-18-7-11-4-3-5-12(6-11)14(15,16)17/h3-6,18H,7-8H2,1-2H3. The van der Waals surface area contributed by atoms with E-state index in [0.29, 0.717) is 18.7 Å². The van der Waals surface area contributed by atoms with Gasteiger partial charge in [-0.1, -0.05) is 18.2 Å². The lowest BCUT2D eigenvalue weighted by Gasteiger charge is -2.09. The Bertz CT molecular complexity index is 590. The molecule has 0 unspecified atom stereocenters. The van der Waals surface area contributed by atoms with Crippen molar-refractivity contribution >= 4 is 11.3 Å². The topological polar surface area (TPSA) is 24.9 Å². The number of hydrogen-bond donors (Lipinski definition) is 1. The fraction of sp³-hybridized carbons (Fsp3) is 0.357. The second-order valence-electron chi connectivity index (χ2n) is 4.54. The second kappa shape index (κ2) is 5.93. The van der Waals surface area contributed by atoms with E-state index < -0.39 is 11.7 Å². The van der Waals surface area contributed by atoms with Gasteiger partial charge in [-0.15, -0.1) is 11.3 Å². The molecule has 0 aliphatic heterocycles. The summed E-state index contributed by atoms with van der Waals surface area (Å²) in [5.74, 6) is 0. The maximum absolute atomic E-state index is 12.6. The van der Waals surface area contributed by atoms with Crippen molar-refractivity contribution in [3.63, 3.8) is 0 Å². The van der Waals surface area contributed by atoms with Crippen molar-refractivity contribution in [3.05, 3.63) is 51.0 Å². The lowest BCUT2D eigenvalue weighted by molar-refractivity contribution is -0.137. The van der Waals surface area contributed by atoms with E-state index >= 15 is 0 Å². The van der Waals surface area contributed by atoms with Gasteiger partial charge in [-0.2, -0.15) is 13.2 Å². The third-order valence-electron chi connectivity index (χ3n) is 2.87. The maximum atomic E-state index is 12.6. The number of benzene rings is 1. The Morgan fingerprint density at radius 2 is 1.95 bits per heavy atom. The Labute approximate surface area is 119 Å². The number of rotatable bonds is 4. The Kier molecular flexibility index (Phi) is 4.45. The highest BCUT2D eigenvalue weighted by molar-refractivity contribution is 7.11. The molecule has 2 nitrogen and oxygen atoms in total. The number of nitrogens with zero attached hydrogens (tertiary/aromatic N) is 1. The number of halogens is 3. The lowest BCUT2D eigenvalue weighted by atomic mass is 10.1. The van der Waals surface area contributed by atoms with Crippen molar-refractivity contribution in [2.75, 3.05) is 0 Å². The van der Waals surface area contributed by atoms with E-state index in [1.54, 1.807) is 17.4 Å². The molecule has 0 aliphatic carbocycles. The van der Waals surface area contributed by atoms with Gasteiger partial charge in [-0.05, 0) is 25.5 Å². The number of nitrogens with one attached hydrogen (secondary N) is 1. The van der Waals surface area contributed by atoms with Gasteiger partial charge in [-0.3, -0.25) is 0 Å². The summed E-state index contributed by atoms with van der Waals surface area (Å²) < 4.78 is 37.8. The van der Waals surface area contributed by atoms with E-state index in [9.17, 15) is 13.2 Å². The molecule has 1 N–H and O–H groups in total. The first-order chi connectivity index (χ1) is 9.36. The molecule has 0 radical (unpaired) electrons. The third kappa shape index (κ3) is 3.80. The first-order valence-corrected chi connectivity index (χ1v) is 6.97. The van der Waals surface area contributed by atoms with Crippen LogP contribution in [0, 0.1) is 13.8 Å². The highest BCUT2D eigenvalue weighted by Gasteiger charge is 2.30. The lowest BCUT2D eigenvalue weighted by Crippen LogP contribution is -2.13. The zero-order valence-electron chi connectivity index (χ0n) is 11.2. The summed E-state index contributed by atoms with van der Waals surface area (Å²) in [6.07, 6.45) is -4.29. The minimum absolute atomic E-state index is 0.403. The van der Waals surface area contributed by atoms with Crippen LogP contribution in [0.4, 0.5) is 13.2 Å². The Hall–Kier alpha value is -1.40. The average Bonchev–Trinajstić information content (AvgIpc) is 2.67.